The number of carbonyl (C=O) groups is 1. The highest BCUT2D eigenvalue weighted by Crippen LogP contribution is 2.21. The highest BCUT2D eigenvalue weighted by Gasteiger charge is 2.32. The lowest BCUT2D eigenvalue weighted by atomic mass is 10.0. The van der Waals surface area contributed by atoms with Crippen molar-refractivity contribution in [2.24, 2.45) is 0 Å². The number of esters is 1. The van der Waals surface area contributed by atoms with Gasteiger partial charge in [0.1, 0.15) is 17.9 Å². The largest absolute Gasteiger partial charge is 0.497 e. The normalized spacial score (nSPS) is 14.3. The lowest BCUT2D eigenvalue weighted by Crippen LogP contribution is -2.46. The van der Waals surface area contributed by atoms with Gasteiger partial charge in [0.25, 0.3) is 0 Å². The van der Waals surface area contributed by atoms with Crippen molar-refractivity contribution in [1.29, 1.82) is 0 Å². The maximum atomic E-state index is 11.7. The first-order valence-corrected chi connectivity index (χ1v) is 7.89. The van der Waals surface area contributed by atoms with Gasteiger partial charge in [-0.25, -0.2) is 8.42 Å². The van der Waals surface area contributed by atoms with Crippen LogP contribution in [-0.2, 0) is 19.6 Å². The maximum absolute atomic E-state index is 11.7. The molecule has 0 aromatic heterocycles. The average Bonchev–Trinajstić information content (AvgIpc) is 2.51. The van der Waals surface area contributed by atoms with E-state index in [9.17, 15) is 18.3 Å². The number of ether oxygens (including phenoxy) is 2. The van der Waals surface area contributed by atoms with E-state index in [1.165, 1.54) is 14.0 Å². The van der Waals surface area contributed by atoms with Crippen molar-refractivity contribution in [3.05, 3.63) is 29.8 Å². The first-order chi connectivity index (χ1) is 9.84. The predicted octanol–water partition coefficient (Wildman–Crippen LogP) is 0.210. The molecule has 0 fully saturated rings. The zero-order chi connectivity index (χ0) is 16.0. The van der Waals surface area contributed by atoms with E-state index in [-0.39, 0.29) is 5.75 Å². The van der Waals surface area contributed by atoms with Gasteiger partial charge in [-0.2, -0.15) is 4.72 Å². The highest BCUT2D eigenvalue weighted by molar-refractivity contribution is 7.89. The summed E-state index contributed by atoms with van der Waals surface area (Å²) in [5.74, 6) is -0.499. The van der Waals surface area contributed by atoms with Gasteiger partial charge in [0.05, 0.1) is 20.0 Å². The summed E-state index contributed by atoms with van der Waals surface area (Å²) in [6.07, 6.45) is -1.37. The third-order valence-corrected chi connectivity index (χ3v) is 4.29. The van der Waals surface area contributed by atoms with Crippen LogP contribution in [-0.4, -0.2) is 45.5 Å². The van der Waals surface area contributed by atoms with E-state index in [4.69, 9.17) is 4.74 Å². The first kappa shape index (κ1) is 17.4. The van der Waals surface area contributed by atoms with Crippen LogP contribution in [0.5, 0.6) is 5.75 Å². The van der Waals surface area contributed by atoms with Crippen molar-refractivity contribution >= 4 is 16.0 Å². The summed E-state index contributed by atoms with van der Waals surface area (Å²) >= 11 is 0. The number of nitrogens with one attached hydrogen (secondary N) is 1. The van der Waals surface area contributed by atoms with Crippen LogP contribution in [0.1, 0.15) is 18.6 Å². The van der Waals surface area contributed by atoms with Crippen LogP contribution < -0.4 is 9.46 Å². The molecule has 0 saturated carbocycles. The number of hydrogen-bond acceptors (Lipinski definition) is 6. The molecule has 0 amide bonds. The van der Waals surface area contributed by atoms with Gasteiger partial charge in [-0.1, -0.05) is 12.1 Å². The van der Waals surface area contributed by atoms with Crippen molar-refractivity contribution in [3.63, 3.8) is 0 Å². The molecular weight excluding hydrogens is 298 g/mol. The number of aliphatic hydroxyl groups excluding tert-OH is 1. The molecule has 7 nitrogen and oxygen atoms in total. The Labute approximate surface area is 123 Å². The van der Waals surface area contributed by atoms with Crippen molar-refractivity contribution in [2.75, 3.05) is 20.0 Å². The summed E-state index contributed by atoms with van der Waals surface area (Å²) in [6, 6.07) is 4.87. The number of methoxy groups -OCH3 is 2. The monoisotopic (exact) mass is 317 g/mol. The zero-order valence-electron chi connectivity index (χ0n) is 12.1. The Bertz CT molecular complexity index is 569. The van der Waals surface area contributed by atoms with Crippen LogP contribution in [0.25, 0.3) is 0 Å². The second-order valence-electron chi connectivity index (χ2n) is 4.24. The molecule has 1 rings (SSSR count). The topological polar surface area (TPSA) is 102 Å². The van der Waals surface area contributed by atoms with Crippen LogP contribution in [0.4, 0.5) is 0 Å². The fraction of sp³-hybridized carbons (Fsp3) is 0.462. The van der Waals surface area contributed by atoms with E-state index in [1.54, 1.807) is 24.3 Å². The third-order valence-electron chi connectivity index (χ3n) is 2.91. The lowest BCUT2D eigenvalue weighted by Gasteiger charge is -2.22. The van der Waals surface area contributed by atoms with Crippen molar-refractivity contribution < 1.29 is 27.8 Å². The molecule has 0 aliphatic heterocycles. The molecule has 2 atom stereocenters. The summed E-state index contributed by atoms with van der Waals surface area (Å²) in [7, 11) is -1.06. The summed E-state index contributed by atoms with van der Waals surface area (Å²) in [5.41, 5.74) is 0.366. The van der Waals surface area contributed by atoms with Gasteiger partial charge < -0.3 is 14.6 Å². The van der Waals surface area contributed by atoms with Crippen LogP contribution >= 0.6 is 0 Å². The molecule has 0 bridgehead atoms. The molecule has 0 heterocycles. The standard InChI is InChI=1S/C13H19NO6S/c1-4-21(17,18)14-11(13(16)20-3)12(15)9-5-7-10(19-2)8-6-9/h5-8,11-12,14-15H,4H2,1-3H3. The second-order valence-corrected chi connectivity index (χ2v) is 6.28. The number of hydrogen-bond donors (Lipinski definition) is 2. The first-order valence-electron chi connectivity index (χ1n) is 6.24. The predicted molar refractivity (Wildman–Crippen MR) is 76.4 cm³/mol. The van der Waals surface area contributed by atoms with E-state index in [0.29, 0.717) is 11.3 Å². The number of benzene rings is 1. The van der Waals surface area contributed by atoms with E-state index < -0.39 is 28.1 Å². The fourth-order valence-electron chi connectivity index (χ4n) is 1.64. The van der Waals surface area contributed by atoms with E-state index in [0.717, 1.165) is 7.11 Å². The minimum absolute atomic E-state index is 0.212. The molecule has 2 unspecified atom stereocenters. The maximum Gasteiger partial charge on any atom is 0.326 e. The molecule has 118 valence electrons. The molecule has 0 aliphatic rings. The Morgan fingerprint density at radius 3 is 2.29 bits per heavy atom. The van der Waals surface area contributed by atoms with Gasteiger partial charge >= 0.3 is 5.97 Å². The van der Waals surface area contributed by atoms with Gasteiger partial charge in [0, 0.05) is 0 Å². The molecule has 1 aromatic carbocycles. The molecule has 0 saturated heterocycles. The van der Waals surface area contributed by atoms with Gasteiger partial charge in [-0.15, -0.1) is 0 Å². The number of rotatable bonds is 7. The van der Waals surface area contributed by atoms with Crippen molar-refractivity contribution in [3.8, 4) is 5.75 Å². The quantitative estimate of drug-likeness (QED) is 0.697. The summed E-state index contributed by atoms with van der Waals surface area (Å²) in [6.45, 7) is 1.43. The lowest BCUT2D eigenvalue weighted by molar-refractivity contribution is -0.145. The van der Waals surface area contributed by atoms with Crippen LogP contribution in [0.3, 0.4) is 0 Å². The SMILES string of the molecule is CCS(=O)(=O)NC(C(=O)OC)C(O)c1ccc(OC)cc1. The summed E-state index contributed by atoms with van der Waals surface area (Å²) in [4.78, 5) is 11.7. The van der Waals surface area contributed by atoms with E-state index in [1.807, 2.05) is 0 Å². The fourth-order valence-corrected chi connectivity index (χ4v) is 2.42. The minimum Gasteiger partial charge on any atom is -0.497 e. The van der Waals surface area contributed by atoms with Crippen LogP contribution in [0.2, 0.25) is 0 Å². The molecule has 0 spiro atoms. The smallest absolute Gasteiger partial charge is 0.326 e. The van der Waals surface area contributed by atoms with E-state index >= 15 is 0 Å². The number of aliphatic hydroxyl groups is 1. The summed E-state index contributed by atoms with van der Waals surface area (Å²) < 4.78 is 34.9. The van der Waals surface area contributed by atoms with Gasteiger partial charge in [-0.05, 0) is 24.6 Å². The number of carbonyl (C=O) groups excluding carboxylic acids is 1. The summed E-state index contributed by atoms with van der Waals surface area (Å²) in [5, 5.41) is 10.2. The van der Waals surface area contributed by atoms with E-state index in [2.05, 4.69) is 9.46 Å². The van der Waals surface area contributed by atoms with Crippen molar-refractivity contribution in [1.82, 2.24) is 4.72 Å². The Morgan fingerprint density at radius 2 is 1.86 bits per heavy atom. The number of sulfonamides is 1. The zero-order valence-corrected chi connectivity index (χ0v) is 12.9. The van der Waals surface area contributed by atoms with Crippen molar-refractivity contribution in [2.45, 2.75) is 19.1 Å². The molecule has 0 radical (unpaired) electrons. The van der Waals surface area contributed by atoms with Crippen LogP contribution in [0, 0.1) is 0 Å². The molecule has 1 aromatic rings. The van der Waals surface area contributed by atoms with Gasteiger partial charge in [-0.3, -0.25) is 4.79 Å². The van der Waals surface area contributed by atoms with Gasteiger partial charge in [0.15, 0.2) is 0 Å². The average molecular weight is 317 g/mol. The molecule has 8 heteroatoms. The van der Waals surface area contributed by atoms with Gasteiger partial charge in [0.2, 0.25) is 10.0 Å². The highest BCUT2D eigenvalue weighted by atomic mass is 32.2. The molecule has 2 N–H and O–H groups in total. The Kier molecular flexibility index (Phi) is 6.13. The van der Waals surface area contributed by atoms with Crippen LogP contribution in [0.15, 0.2) is 24.3 Å². The molecular formula is C13H19NO6S. The Balaban J connectivity index is 3.03. The molecule has 0 aliphatic carbocycles. The third kappa shape index (κ3) is 4.69. The Hall–Kier alpha value is -1.64. The molecule has 21 heavy (non-hydrogen) atoms. The minimum atomic E-state index is -3.68. The Morgan fingerprint density at radius 1 is 1.29 bits per heavy atom. The second kappa shape index (κ2) is 7.39.